The summed E-state index contributed by atoms with van der Waals surface area (Å²) in [5, 5.41) is 0. The van der Waals surface area contributed by atoms with Gasteiger partial charge in [-0.25, -0.2) is 0 Å². The lowest BCUT2D eigenvalue weighted by atomic mass is 9.72. The number of ether oxygens (including phenoxy) is 1. The summed E-state index contributed by atoms with van der Waals surface area (Å²) in [5.41, 5.74) is 2.60. The number of hydrogen-bond donors (Lipinski definition) is 0. The van der Waals surface area contributed by atoms with Crippen molar-refractivity contribution in [3.63, 3.8) is 0 Å². The molecule has 2 aromatic heterocycles. The number of hydrogen-bond acceptors (Lipinski definition) is 2. The topological polar surface area (TPSA) is 36.2 Å². The molecule has 0 saturated heterocycles. The average molecular weight is 336 g/mol. The van der Waals surface area contributed by atoms with Gasteiger partial charge in [0.1, 0.15) is 0 Å². The Labute approximate surface area is 148 Å². The zero-order chi connectivity index (χ0) is 17.9. The summed E-state index contributed by atoms with van der Waals surface area (Å²) in [6.07, 6.45) is 4.28. The van der Waals surface area contributed by atoms with Crippen molar-refractivity contribution in [3.8, 4) is 0 Å². The van der Waals surface area contributed by atoms with Crippen LogP contribution in [0.2, 0.25) is 0 Å². The van der Waals surface area contributed by atoms with Crippen LogP contribution >= 0.6 is 0 Å². The van der Waals surface area contributed by atoms with Gasteiger partial charge < -0.3 is 13.9 Å². The van der Waals surface area contributed by atoms with E-state index in [4.69, 9.17) is 4.74 Å². The van der Waals surface area contributed by atoms with Gasteiger partial charge in [0.05, 0.1) is 18.4 Å². The summed E-state index contributed by atoms with van der Waals surface area (Å²) in [6.45, 7) is 2.22. The summed E-state index contributed by atoms with van der Waals surface area (Å²) in [7, 11) is 4.03. The van der Waals surface area contributed by atoms with Crippen LogP contribution in [0.1, 0.15) is 30.3 Å². The van der Waals surface area contributed by atoms with Crippen LogP contribution in [0.15, 0.2) is 67.0 Å². The molecule has 0 saturated carbocycles. The molecule has 2 heterocycles. The van der Waals surface area contributed by atoms with E-state index in [-0.39, 0.29) is 12.4 Å². The fourth-order valence-corrected chi connectivity index (χ4v) is 3.67. The number of aromatic nitrogens is 2. The normalized spacial score (nSPS) is 11.5. The van der Waals surface area contributed by atoms with Gasteiger partial charge in [0.15, 0.2) is 0 Å². The van der Waals surface area contributed by atoms with Crippen LogP contribution in [-0.2, 0) is 29.0 Å². The highest BCUT2D eigenvalue weighted by molar-refractivity contribution is 5.74. The van der Waals surface area contributed by atoms with Crippen molar-refractivity contribution in [2.45, 2.75) is 18.8 Å². The fraction of sp³-hybridized carbons (Fsp3) is 0.286. The summed E-state index contributed by atoms with van der Waals surface area (Å²) in [6, 6.07) is 18.4. The molecule has 3 aromatic rings. The molecule has 4 nitrogen and oxygen atoms in total. The first kappa shape index (κ1) is 17.1. The standard InChI is InChI=1S/C21H24N2O2/c1-4-25-20(24)16-21(17-10-6-5-7-11-17,18-12-8-14-22(18)2)19-13-9-15-23(19)3/h5-15H,4,16H2,1-3H3. The van der Waals surface area contributed by atoms with Gasteiger partial charge in [-0.05, 0) is 36.8 Å². The van der Waals surface area contributed by atoms with Crippen LogP contribution in [0.3, 0.4) is 0 Å². The first-order valence-electron chi connectivity index (χ1n) is 8.54. The number of benzene rings is 1. The van der Waals surface area contributed by atoms with Gasteiger partial charge in [0, 0.05) is 37.9 Å². The molecular weight excluding hydrogens is 312 g/mol. The molecule has 0 spiro atoms. The van der Waals surface area contributed by atoms with Crippen molar-refractivity contribution >= 4 is 5.97 Å². The molecule has 1 aromatic carbocycles. The van der Waals surface area contributed by atoms with Crippen molar-refractivity contribution in [2.75, 3.05) is 6.61 Å². The van der Waals surface area contributed by atoms with Crippen LogP contribution in [0.5, 0.6) is 0 Å². The molecule has 0 N–H and O–H groups in total. The zero-order valence-corrected chi connectivity index (χ0v) is 15.0. The van der Waals surface area contributed by atoms with E-state index in [9.17, 15) is 4.79 Å². The second-order valence-electron chi connectivity index (χ2n) is 6.26. The predicted octanol–water partition coefficient (Wildman–Crippen LogP) is 3.65. The Morgan fingerprint density at radius 1 is 0.920 bits per heavy atom. The summed E-state index contributed by atoms with van der Waals surface area (Å²) < 4.78 is 9.50. The minimum absolute atomic E-state index is 0.200. The van der Waals surface area contributed by atoms with Crippen LogP contribution in [0.4, 0.5) is 0 Å². The van der Waals surface area contributed by atoms with E-state index >= 15 is 0 Å². The van der Waals surface area contributed by atoms with E-state index in [0.717, 1.165) is 17.0 Å². The quantitative estimate of drug-likeness (QED) is 0.644. The Morgan fingerprint density at radius 3 is 1.92 bits per heavy atom. The van der Waals surface area contributed by atoms with Crippen molar-refractivity contribution in [2.24, 2.45) is 14.1 Å². The second-order valence-corrected chi connectivity index (χ2v) is 6.26. The highest BCUT2D eigenvalue weighted by Gasteiger charge is 2.42. The van der Waals surface area contributed by atoms with Crippen molar-refractivity contribution in [3.05, 3.63) is 83.9 Å². The summed E-state index contributed by atoms with van der Waals surface area (Å²) in [5.74, 6) is -0.200. The lowest BCUT2D eigenvalue weighted by Gasteiger charge is -2.35. The highest BCUT2D eigenvalue weighted by atomic mass is 16.5. The summed E-state index contributed by atoms with van der Waals surface area (Å²) >= 11 is 0. The van der Waals surface area contributed by atoms with E-state index in [1.165, 1.54) is 0 Å². The average Bonchev–Trinajstić information content (AvgIpc) is 3.23. The number of esters is 1. The Hall–Kier alpha value is -2.75. The maximum atomic E-state index is 12.6. The molecule has 0 aliphatic heterocycles. The number of nitrogens with zero attached hydrogens (tertiary/aromatic N) is 2. The number of carbonyl (C=O) groups is 1. The van der Waals surface area contributed by atoms with Crippen LogP contribution in [-0.4, -0.2) is 21.7 Å². The molecule has 25 heavy (non-hydrogen) atoms. The Bertz CT molecular complexity index is 805. The van der Waals surface area contributed by atoms with Gasteiger partial charge in [-0.2, -0.15) is 0 Å². The molecule has 4 heteroatoms. The monoisotopic (exact) mass is 336 g/mol. The van der Waals surface area contributed by atoms with Gasteiger partial charge in [-0.3, -0.25) is 4.79 Å². The summed E-state index contributed by atoms with van der Waals surface area (Å²) in [4.78, 5) is 12.6. The van der Waals surface area contributed by atoms with Crippen LogP contribution < -0.4 is 0 Å². The maximum Gasteiger partial charge on any atom is 0.307 e. The molecule has 3 rings (SSSR count). The van der Waals surface area contributed by atoms with Crippen LogP contribution in [0, 0.1) is 0 Å². The molecule has 0 atom stereocenters. The van der Waals surface area contributed by atoms with Gasteiger partial charge in [0.2, 0.25) is 0 Å². The number of aryl methyl sites for hydroxylation is 2. The molecule has 0 unspecified atom stereocenters. The van der Waals surface area contributed by atoms with Crippen molar-refractivity contribution in [1.82, 2.24) is 9.13 Å². The van der Waals surface area contributed by atoms with E-state index < -0.39 is 5.41 Å². The highest BCUT2D eigenvalue weighted by Crippen LogP contribution is 2.42. The van der Waals surface area contributed by atoms with Gasteiger partial charge in [-0.1, -0.05) is 30.3 Å². The zero-order valence-electron chi connectivity index (χ0n) is 15.0. The van der Waals surface area contributed by atoms with Gasteiger partial charge in [-0.15, -0.1) is 0 Å². The van der Waals surface area contributed by atoms with Crippen molar-refractivity contribution < 1.29 is 9.53 Å². The van der Waals surface area contributed by atoms with Crippen LogP contribution in [0.25, 0.3) is 0 Å². The van der Waals surface area contributed by atoms with E-state index in [1.807, 2.05) is 63.7 Å². The number of rotatable bonds is 6. The molecule has 0 radical (unpaired) electrons. The Morgan fingerprint density at radius 2 is 1.48 bits per heavy atom. The lowest BCUT2D eigenvalue weighted by Crippen LogP contribution is -2.36. The van der Waals surface area contributed by atoms with E-state index in [2.05, 4.69) is 33.4 Å². The van der Waals surface area contributed by atoms with Gasteiger partial charge >= 0.3 is 5.97 Å². The first-order valence-corrected chi connectivity index (χ1v) is 8.54. The van der Waals surface area contributed by atoms with E-state index in [0.29, 0.717) is 6.61 Å². The Balaban J connectivity index is 2.30. The first-order chi connectivity index (χ1) is 12.1. The smallest absolute Gasteiger partial charge is 0.307 e. The Kier molecular flexibility index (Phi) is 4.79. The maximum absolute atomic E-state index is 12.6. The predicted molar refractivity (Wildman–Crippen MR) is 98.4 cm³/mol. The van der Waals surface area contributed by atoms with E-state index in [1.54, 1.807) is 0 Å². The lowest BCUT2D eigenvalue weighted by molar-refractivity contribution is -0.144. The minimum atomic E-state index is -0.607. The third-order valence-corrected chi connectivity index (χ3v) is 4.74. The minimum Gasteiger partial charge on any atom is -0.466 e. The molecule has 0 bridgehead atoms. The molecule has 0 amide bonds. The second kappa shape index (κ2) is 7.01. The van der Waals surface area contributed by atoms with Gasteiger partial charge in [0.25, 0.3) is 0 Å². The largest absolute Gasteiger partial charge is 0.466 e. The molecule has 130 valence electrons. The van der Waals surface area contributed by atoms with Crippen molar-refractivity contribution in [1.29, 1.82) is 0 Å². The fourth-order valence-electron chi connectivity index (χ4n) is 3.67. The molecular formula is C21H24N2O2. The number of carbonyl (C=O) groups excluding carboxylic acids is 1. The third kappa shape index (κ3) is 3.00. The SMILES string of the molecule is CCOC(=O)CC(c1ccccc1)(c1cccn1C)c1cccn1C. The molecule has 0 aliphatic carbocycles. The molecule has 0 fully saturated rings. The molecule has 0 aliphatic rings. The third-order valence-electron chi connectivity index (χ3n) is 4.74.